The average Bonchev–Trinajstić information content (AvgIpc) is 3.20. The zero-order valence-electron chi connectivity index (χ0n) is 18.4. The Balaban J connectivity index is 1.50. The third kappa shape index (κ3) is 3.59. The van der Waals surface area contributed by atoms with E-state index in [4.69, 9.17) is 11.6 Å². The van der Waals surface area contributed by atoms with Crippen LogP contribution in [0.4, 0.5) is 11.4 Å². The second-order valence-electron chi connectivity index (χ2n) is 8.31. The molecule has 36 heavy (non-hydrogen) atoms. The zero-order chi connectivity index (χ0) is 25.0. The van der Waals surface area contributed by atoms with Gasteiger partial charge >= 0.3 is 0 Å². The van der Waals surface area contributed by atoms with Gasteiger partial charge in [-0.05, 0) is 48.5 Å². The Morgan fingerprint density at radius 1 is 0.806 bits per heavy atom. The lowest BCUT2D eigenvalue weighted by atomic mass is 9.92. The van der Waals surface area contributed by atoms with E-state index in [0.717, 1.165) is 0 Å². The van der Waals surface area contributed by atoms with Gasteiger partial charge in [0.2, 0.25) is 5.78 Å². The zero-order valence-corrected chi connectivity index (χ0v) is 20.0. The van der Waals surface area contributed by atoms with Gasteiger partial charge in [-0.25, -0.2) is 0 Å². The maximum Gasteiger partial charge on any atom is 0.283 e. The third-order valence-corrected chi connectivity index (χ3v) is 7.69. The van der Waals surface area contributed by atoms with Gasteiger partial charge in [-0.1, -0.05) is 48.0 Å². The van der Waals surface area contributed by atoms with E-state index in [1.165, 1.54) is 12.1 Å². The molecule has 7 nitrogen and oxygen atoms in total. The van der Waals surface area contributed by atoms with Crippen molar-refractivity contribution in [2.45, 2.75) is 4.90 Å². The SMILES string of the molecule is O=C1C(Nc2ccc(Cl)cc2)=C/C(=N/S(=O)(=O)c2ccc3c4c(cccc24)C(=O)N3)c2ccccc21. The van der Waals surface area contributed by atoms with Crippen LogP contribution in [0.2, 0.25) is 5.02 Å². The Bertz CT molecular complexity index is 1790. The smallest absolute Gasteiger partial charge is 0.283 e. The third-order valence-electron chi connectivity index (χ3n) is 6.09. The van der Waals surface area contributed by atoms with Gasteiger partial charge in [-0.15, -0.1) is 0 Å². The van der Waals surface area contributed by atoms with E-state index in [1.807, 2.05) is 0 Å². The van der Waals surface area contributed by atoms with E-state index in [-0.39, 0.29) is 28.0 Å². The minimum atomic E-state index is -4.22. The summed E-state index contributed by atoms with van der Waals surface area (Å²) in [5, 5.41) is 7.28. The average molecular weight is 514 g/mol. The fourth-order valence-corrected chi connectivity index (χ4v) is 5.78. The van der Waals surface area contributed by atoms with Crippen LogP contribution in [0.15, 0.2) is 99.9 Å². The Kier molecular flexibility index (Phi) is 5.03. The van der Waals surface area contributed by atoms with Gasteiger partial charge in [0.25, 0.3) is 15.9 Å². The van der Waals surface area contributed by atoms with Crippen molar-refractivity contribution in [3.63, 3.8) is 0 Å². The van der Waals surface area contributed by atoms with Crippen molar-refractivity contribution >= 4 is 61.2 Å². The monoisotopic (exact) mass is 513 g/mol. The number of halogens is 1. The highest BCUT2D eigenvalue weighted by atomic mass is 35.5. The molecule has 1 aliphatic heterocycles. The fraction of sp³-hybridized carbons (Fsp3) is 0. The molecule has 0 bridgehead atoms. The van der Waals surface area contributed by atoms with Crippen LogP contribution in [0, 0.1) is 0 Å². The van der Waals surface area contributed by atoms with Crippen LogP contribution in [-0.2, 0) is 10.0 Å². The molecule has 176 valence electrons. The van der Waals surface area contributed by atoms with Crippen LogP contribution in [0.5, 0.6) is 0 Å². The Morgan fingerprint density at radius 3 is 2.31 bits per heavy atom. The number of anilines is 2. The molecule has 0 spiro atoms. The molecular formula is C27H16ClN3O4S. The molecular weight excluding hydrogens is 498 g/mol. The van der Waals surface area contributed by atoms with Gasteiger partial charge < -0.3 is 10.6 Å². The van der Waals surface area contributed by atoms with E-state index in [1.54, 1.807) is 72.8 Å². The van der Waals surface area contributed by atoms with Gasteiger partial charge in [-0.3, -0.25) is 9.59 Å². The molecule has 1 heterocycles. The van der Waals surface area contributed by atoms with Crippen molar-refractivity contribution in [3.05, 3.63) is 112 Å². The van der Waals surface area contributed by atoms with Gasteiger partial charge in [0.1, 0.15) is 0 Å². The maximum atomic E-state index is 13.6. The lowest BCUT2D eigenvalue weighted by molar-refractivity contribution is 0.102. The molecule has 4 aromatic rings. The number of carbonyl (C=O) groups excluding carboxylic acids is 2. The van der Waals surface area contributed by atoms with Crippen molar-refractivity contribution in [3.8, 4) is 0 Å². The van der Waals surface area contributed by atoms with E-state index in [9.17, 15) is 18.0 Å². The van der Waals surface area contributed by atoms with Crippen molar-refractivity contribution in [1.29, 1.82) is 0 Å². The molecule has 2 aliphatic rings. The Labute approximate surface area is 211 Å². The van der Waals surface area contributed by atoms with E-state index in [0.29, 0.717) is 43.9 Å². The topological polar surface area (TPSA) is 105 Å². The minimum absolute atomic E-state index is 0.0258. The first kappa shape index (κ1) is 22.2. The highest BCUT2D eigenvalue weighted by molar-refractivity contribution is 7.90. The van der Waals surface area contributed by atoms with Crippen LogP contribution < -0.4 is 10.6 Å². The molecule has 0 fully saturated rings. The Morgan fingerprint density at radius 2 is 1.53 bits per heavy atom. The van der Waals surface area contributed by atoms with E-state index in [2.05, 4.69) is 15.0 Å². The number of carbonyl (C=O) groups is 2. The first-order chi connectivity index (χ1) is 17.3. The number of nitrogens with one attached hydrogen (secondary N) is 2. The number of fused-ring (bicyclic) bond motifs is 1. The van der Waals surface area contributed by atoms with Crippen LogP contribution >= 0.6 is 11.6 Å². The van der Waals surface area contributed by atoms with Crippen LogP contribution in [0.3, 0.4) is 0 Å². The summed E-state index contributed by atoms with van der Waals surface area (Å²) in [5.74, 6) is -0.566. The number of nitrogens with zero attached hydrogens (tertiary/aromatic N) is 1. The number of allylic oxidation sites excluding steroid dienone is 2. The second kappa shape index (κ2) is 8.15. The van der Waals surface area contributed by atoms with Crippen molar-refractivity contribution in [1.82, 2.24) is 0 Å². The molecule has 1 aliphatic carbocycles. The number of rotatable bonds is 4. The van der Waals surface area contributed by atoms with Crippen molar-refractivity contribution in [2.24, 2.45) is 4.40 Å². The first-order valence-corrected chi connectivity index (χ1v) is 12.7. The lowest BCUT2D eigenvalue weighted by Crippen LogP contribution is -2.22. The number of benzene rings is 4. The van der Waals surface area contributed by atoms with Crippen LogP contribution in [-0.4, -0.2) is 25.8 Å². The summed E-state index contributed by atoms with van der Waals surface area (Å²) < 4.78 is 31.3. The molecule has 0 aromatic heterocycles. The number of ketones is 1. The predicted octanol–water partition coefficient (Wildman–Crippen LogP) is 5.43. The highest BCUT2D eigenvalue weighted by Gasteiger charge is 2.29. The molecule has 4 aromatic carbocycles. The molecule has 0 saturated carbocycles. The van der Waals surface area contributed by atoms with E-state index < -0.39 is 10.0 Å². The summed E-state index contributed by atoms with van der Waals surface area (Å²) >= 11 is 5.96. The molecule has 0 saturated heterocycles. The molecule has 9 heteroatoms. The molecule has 6 rings (SSSR count). The quantitative estimate of drug-likeness (QED) is 0.378. The van der Waals surface area contributed by atoms with Gasteiger partial charge in [0.05, 0.1) is 16.3 Å². The number of amides is 1. The molecule has 0 unspecified atom stereocenters. The highest BCUT2D eigenvalue weighted by Crippen LogP contribution is 2.37. The maximum absolute atomic E-state index is 13.6. The number of sulfonamides is 1. The summed E-state index contributed by atoms with van der Waals surface area (Å²) in [7, 11) is -4.22. The molecule has 1 amide bonds. The van der Waals surface area contributed by atoms with Crippen LogP contribution in [0.25, 0.3) is 10.8 Å². The standard InChI is InChI=1S/C27H16ClN3O4S/c28-15-8-10-16(11-9-15)29-23-14-22(17-4-1-2-5-18(17)26(23)32)31-36(34,35)24-13-12-21-25-19(24)6-3-7-20(25)27(33)30-21/h1-14,29H,(H,30,33)/b31-22-. The fourth-order valence-electron chi connectivity index (χ4n) is 4.45. The summed E-state index contributed by atoms with van der Waals surface area (Å²) in [6.07, 6.45) is 1.43. The predicted molar refractivity (Wildman–Crippen MR) is 140 cm³/mol. The van der Waals surface area contributed by atoms with E-state index >= 15 is 0 Å². The van der Waals surface area contributed by atoms with Gasteiger partial charge in [-0.2, -0.15) is 12.8 Å². The summed E-state index contributed by atoms with van der Waals surface area (Å²) in [6, 6.07) is 21.4. The van der Waals surface area contributed by atoms with Crippen molar-refractivity contribution < 1.29 is 18.0 Å². The number of hydrogen-bond acceptors (Lipinski definition) is 5. The molecule has 0 radical (unpaired) electrons. The normalized spacial score (nSPS) is 15.6. The molecule has 0 atom stereocenters. The van der Waals surface area contributed by atoms with Gasteiger partial charge in [0.15, 0.2) is 0 Å². The largest absolute Gasteiger partial charge is 0.352 e. The first-order valence-electron chi connectivity index (χ1n) is 10.9. The minimum Gasteiger partial charge on any atom is -0.352 e. The molecule has 2 N–H and O–H groups in total. The second-order valence-corrected chi connectivity index (χ2v) is 10.3. The number of hydrogen-bond donors (Lipinski definition) is 2. The van der Waals surface area contributed by atoms with Crippen molar-refractivity contribution in [2.75, 3.05) is 10.6 Å². The number of Topliss-reactive ketones (excluding diaryl/α,β-unsaturated/α-hetero) is 1. The van der Waals surface area contributed by atoms with Crippen LogP contribution in [0.1, 0.15) is 26.3 Å². The summed E-state index contributed by atoms with van der Waals surface area (Å²) in [6.45, 7) is 0. The summed E-state index contributed by atoms with van der Waals surface area (Å²) in [4.78, 5) is 25.4. The Hall–Kier alpha value is -4.27. The lowest BCUT2D eigenvalue weighted by Gasteiger charge is -2.19. The van der Waals surface area contributed by atoms with Gasteiger partial charge in [0, 0.05) is 43.9 Å². The summed E-state index contributed by atoms with van der Waals surface area (Å²) in [5.41, 5.74) is 2.64.